The maximum absolute atomic E-state index is 13.9. The van der Waals surface area contributed by atoms with Gasteiger partial charge in [0.25, 0.3) is 0 Å². The molecule has 4 aromatic rings. The van der Waals surface area contributed by atoms with Crippen LogP contribution in [-0.2, 0) is 12.7 Å². The van der Waals surface area contributed by atoms with Gasteiger partial charge in [0.1, 0.15) is 5.82 Å². The van der Waals surface area contributed by atoms with Crippen LogP contribution in [0.2, 0.25) is 0 Å². The molecule has 0 radical (unpaired) electrons. The maximum atomic E-state index is 13.9. The van der Waals surface area contributed by atoms with Crippen molar-refractivity contribution >= 4 is 28.6 Å². The van der Waals surface area contributed by atoms with Crippen molar-refractivity contribution in [2.45, 2.75) is 19.6 Å². The number of benzene rings is 1. The Labute approximate surface area is 228 Å². The quantitative estimate of drug-likeness (QED) is 0.316. The number of H-pyrrole nitrogens is 1. The number of anilines is 2. The highest BCUT2D eigenvalue weighted by Crippen LogP contribution is 2.34. The van der Waals surface area contributed by atoms with Crippen LogP contribution in [0.15, 0.2) is 55.0 Å². The fraction of sp³-hybridized carbons (Fsp3) is 0.286. The van der Waals surface area contributed by atoms with Crippen LogP contribution in [0.4, 0.5) is 29.5 Å². The third-order valence-corrected chi connectivity index (χ3v) is 6.62. The smallest absolute Gasteiger partial charge is 0.308 e. The van der Waals surface area contributed by atoms with Crippen molar-refractivity contribution in [2.24, 2.45) is 0 Å². The van der Waals surface area contributed by atoms with Gasteiger partial charge in [-0.15, -0.1) is 0 Å². The summed E-state index contributed by atoms with van der Waals surface area (Å²) in [6, 6.07) is 8.25. The summed E-state index contributed by atoms with van der Waals surface area (Å²) in [6.07, 6.45) is 0.198. The fourth-order valence-corrected chi connectivity index (χ4v) is 4.47. The number of likely N-dealkylation sites (N-methyl/N-ethyl adjacent to an activating group) is 1. The number of pyridine rings is 2. The molecule has 0 atom stereocenters. The van der Waals surface area contributed by atoms with Gasteiger partial charge in [0.2, 0.25) is 0 Å². The molecule has 0 unspecified atom stereocenters. The number of piperazine rings is 1. The average Bonchev–Trinajstić information content (AvgIpc) is 3.41. The van der Waals surface area contributed by atoms with E-state index in [1.807, 2.05) is 11.0 Å². The summed E-state index contributed by atoms with van der Waals surface area (Å²) >= 11 is 0. The molecule has 5 rings (SSSR count). The molecule has 9 nitrogen and oxygen atoms in total. The van der Waals surface area contributed by atoms with Crippen LogP contribution in [0.5, 0.6) is 0 Å². The molecule has 1 fully saturated rings. The zero-order chi connectivity index (χ0) is 28.1. The molecule has 1 aliphatic heterocycles. The molecule has 3 aromatic heterocycles. The van der Waals surface area contributed by atoms with Crippen LogP contribution in [0.1, 0.15) is 29.2 Å². The summed E-state index contributed by atoms with van der Waals surface area (Å²) in [5, 5.41) is 12.6. The van der Waals surface area contributed by atoms with E-state index < -0.39 is 17.8 Å². The van der Waals surface area contributed by atoms with E-state index in [1.165, 1.54) is 18.3 Å². The Hall–Kier alpha value is -4.47. The standard InChI is InChI=1S/C28H27F3N8O/c1-2-38-9-11-39(12-10-38)18-21-5-6-23(15-24(21)28(29,30)31)35-27(40)36-25-14-19(7-8-32-25)3-4-20-13-22-17-34-37-26(22)33-16-20/h5-8,13-17H,2,9-12,18H2,1H3,(H,33,34,37)(H2,32,35,36,40). The number of halogens is 3. The maximum Gasteiger partial charge on any atom is 0.416 e. The van der Waals surface area contributed by atoms with Gasteiger partial charge in [0.15, 0.2) is 5.65 Å². The lowest BCUT2D eigenvalue weighted by Crippen LogP contribution is -2.45. The van der Waals surface area contributed by atoms with Gasteiger partial charge in [-0.3, -0.25) is 15.3 Å². The molecule has 0 bridgehead atoms. The zero-order valence-electron chi connectivity index (χ0n) is 21.7. The summed E-state index contributed by atoms with van der Waals surface area (Å²) in [5.74, 6) is 6.19. The Morgan fingerprint density at radius 1 is 0.975 bits per heavy atom. The molecule has 0 saturated carbocycles. The third-order valence-electron chi connectivity index (χ3n) is 6.62. The summed E-state index contributed by atoms with van der Waals surface area (Å²) < 4.78 is 41.7. The number of carbonyl (C=O) groups is 1. The largest absolute Gasteiger partial charge is 0.416 e. The van der Waals surface area contributed by atoms with Crippen LogP contribution >= 0.6 is 0 Å². The molecule has 1 saturated heterocycles. The van der Waals surface area contributed by atoms with Crippen molar-refractivity contribution in [1.82, 2.24) is 30.0 Å². The Balaban J connectivity index is 1.24. The number of hydrogen-bond acceptors (Lipinski definition) is 6. The lowest BCUT2D eigenvalue weighted by atomic mass is 10.0. The Morgan fingerprint density at radius 2 is 1.75 bits per heavy atom. The van der Waals surface area contributed by atoms with Crippen LogP contribution in [0.3, 0.4) is 0 Å². The molecule has 3 N–H and O–H groups in total. The molecule has 206 valence electrons. The van der Waals surface area contributed by atoms with Crippen molar-refractivity contribution < 1.29 is 18.0 Å². The minimum atomic E-state index is -4.55. The first-order valence-electron chi connectivity index (χ1n) is 12.8. The molecular formula is C28H27F3N8O. The number of aromatic amines is 1. The molecule has 40 heavy (non-hydrogen) atoms. The number of rotatable bonds is 5. The molecule has 2 amide bonds. The lowest BCUT2D eigenvalue weighted by Gasteiger charge is -2.34. The SMILES string of the molecule is CCN1CCN(Cc2ccc(NC(=O)Nc3cc(C#Cc4cnc5[nH]ncc5c4)ccn3)cc2C(F)(F)F)CC1. The van der Waals surface area contributed by atoms with E-state index in [-0.39, 0.29) is 23.6 Å². The number of aromatic nitrogens is 4. The third kappa shape index (κ3) is 6.74. The van der Waals surface area contributed by atoms with Gasteiger partial charge >= 0.3 is 12.2 Å². The van der Waals surface area contributed by atoms with E-state index in [2.05, 4.69) is 54.5 Å². The van der Waals surface area contributed by atoms with Gasteiger partial charge < -0.3 is 10.2 Å². The number of alkyl halides is 3. The van der Waals surface area contributed by atoms with Gasteiger partial charge in [0, 0.05) is 67.3 Å². The van der Waals surface area contributed by atoms with Crippen molar-refractivity contribution in [3.05, 3.63) is 77.2 Å². The second kappa shape index (κ2) is 11.7. The average molecular weight is 549 g/mol. The van der Waals surface area contributed by atoms with Crippen molar-refractivity contribution in [3.63, 3.8) is 0 Å². The molecular weight excluding hydrogens is 521 g/mol. The van der Waals surface area contributed by atoms with E-state index in [9.17, 15) is 18.0 Å². The highest BCUT2D eigenvalue weighted by atomic mass is 19.4. The lowest BCUT2D eigenvalue weighted by molar-refractivity contribution is -0.138. The summed E-state index contributed by atoms with van der Waals surface area (Å²) in [4.78, 5) is 25.2. The highest BCUT2D eigenvalue weighted by Gasteiger charge is 2.34. The summed E-state index contributed by atoms with van der Waals surface area (Å²) in [6.45, 7) is 6.28. The molecule has 1 aromatic carbocycles. The van der Waals surface area contributed by atoms with Gasteiger partial charge in [-0.25, -0.2) is 14.8 Å². The number of fused-ring (bicyclic) bond motifs is 1. The predicted octanol–water partition coefficient (Wildman–Crippen LogP) is 4.55. The molecule has 1 aliphatic rings. The topological polar surface area (TPSA) is 102 Å². The van der Waals surface area contributed by atoms with E-state index in [0.717, 1.165) is 31.1 Å². The van der Waals surface area contributed by atoms with E-state index in [0.29, 0.717) is 29.9 Å². The summed E-state index contributed by atoms with van der Waals surface area (Å²) in [5.41, 5.74) is 1.38. The van der Waals surface area contributed by atoms with Crippen LogP contribution in [0, 0.1) is 11.8 Å². The summed E-state index contributed by atoms with van der Waals surface area (Å²) in [7, 11) is 0. The zero-order valence-corrected chi connectivity index (χ0v) is 21.7. The number of nitrogens with one attached hydrogen (secondary N) is 3. The molecule has 0 aliphatic carbocycles. The highest BCUT2D eigenvalue weighted by molar-refractivity contribution is 5.99. The Morgan fingerprint density at radius 3 is 2.52 bits per heavy atom. The Kier molecular flexibility index (Phi) is 7.95. The number of hydrogen-bond donors (Lipinski definition) is 3. The monoisotopic (exact) mass is 548 g/mol. The van der Waals surface area contributed by atoms with Crippen LogP contribution in [-0.4, -0.2) is 68.7 Å². The Bertz CT molecular complexity index is 1570. The first-order chi connectivity index (χ1) is 19.3. The van der Waals surface area contributed by atoms with Crippen molar-refractivity contribution in [1.29, 1.82) is 0 Å². The fourth-order valence-electron chi connectivity index (χ4n) is 4.47. The number of nitrogens with zero attached hydrogens (tertiary/aromatic N) is 5. The second-order valence-electron chi connectivity index (χ2n) is 9.37. The minimum Gasteiger partial charge on any atom is -0.308 e. The molecule has 12 heteroatoms. The van der Waals surface area contributed by atoms with E-state index in [1.54, 1.807) is 24.5 Å². The predicted molar refractivity (Wildman–Crippen MR) is 146 cm³/mol. The van der Waals surface area contributed by atoms with Crippen molar-refractivity contribution in [3.8, 4) is 11.8 Å². The van der Waals surface area contributed by atoms with E-state index in [4.69, 9.17) is 0 Å². The van der Waals surface area contributed by atoms with Crippen LogP contribution < -0.4 is 10.6 Å². The van der Waals surface area contributed by atoms with Gasteiger partial charge in [-0.1, -0.05) is 24.8 Å². The van der Waals surface area contributed by atoms with Gasteiger partial charge in [0.05, 0.1) is 11.8 Å². The van der Waals surface area contributed by atoms with Crippen LogP contribution in [0.25, 0.3) is 11.0 Å². The van der Waals surface area contributed by atoms with Gasteiger partial charge in [-0.05, 0) is 42.4 Å². The van der Waals surface area contributed by atoms with Gasteiger partial charge in [-0.2, -0.15) is 18.3 Å². The number of urea groups is 1. The molecule has 0 spiro atoms. The minimum absolute atomic E-state index is 0.0301. The number of carbonyl (C=O) groups excluding carboxylic acids is 1. The number of amides is 2. The first kappa shape index (κ1) is 27.1. The van der Waals surface area contributed by atoms with E-state index >= 15 is 0 Å². The molecule has 4 heterocycles. The van der Waals surface area contributed by atoms with Crippen molar-refractivity contribution in [2.75, 3.05) is 43.4 Å². The normalized spacial score (nSPS) is 14.5. The first-order valence-corrected chi connectivity index (χ1v) is 12.8. The second-order valence-corrected chi connectivity index (χ2v) is 9.37.